The van der Waals surface area contributed by atoms with Gasteiger partial charge >= 0.3 is 0 Å². The first-order valence-corrected chi connectivity index (χ1v) is 25.2. The lowest BCUT2D eigenvalue weighted by Gasteiger charge is -2.35. The molecule has 73 heavy (non-hydrogen) atoms. The van der Waals surface area contributed by atoms with E-state index in [9.17, 15) is 0 Å². The molecular formula is C71H50N2. The quantitative estimate of drug-likeness (QED) is 0.128. The molecule has 0 aromatic heterocycles. The van der Waals surface area contributed by atoms with E-state index in [1.165, 1.54) is 66.4 Å². The molecule has 0 heterocycles. The van der Waals surface area contributed by atoms with Gasteiger partial charge in [0.2, 0.25) is 0 Å². The van der Waals surface area contributed by atoms with E-state index in [-0.39, 0.29) is 0 Å². The third-order valence-electron chi connectivity index (χ3n) is 14.7. The van der Waals surface area contributed by atoms with Gasteiger partial charge in [0.1, 0.15) is 0 Å². The van der Waals surface area contributed by atoms with Gasteiger partial charge in [0.15, 0.2) is 0 Å². The number of hydrogen-bond acceptors (Lipinski definition) is 2. The van der Waals surface area contributed by atoms with Crippen molar-refractivity contribution in [3.8, 4) is 44.5 Å². The van der Waals surface area contributed by atoms with Crippen LogP contribution in [-0.4, -0.2) is 0 Å². The van der Waals surface area contributed by atoms with Gasteiger partial charge in [-0.05, 0) is 144 Å². The fourth-order valence-corrected chi connectivity index (χ4v) is 11.5. The molecule has 0 amide bonds. The summed E-state index contributed by atoms with van der Waals surface area (Å²) in [6, 6.07) is 111. The van der Waals surface area contributed by atoms with E-state index in [4.69, 9.17) is 0 Å². The van der Waals surface area contributed by atoms with Crippen LogP contribution < -0.4 is 9.80 Å². The van der Waals surface area contributed by atoms with Gasteiger partial charge in [0.05, 0.1) is 5.41 Å². The van der Waals surface area contributed by atoms with Gasteiger partial charge in [-0.1, -0.05) is 237 Å². The van der Waals surface area contributed by atoms with Crippen LogP contribution in [0.4, 0.5) is 34.1 Å². The number of nitrogens with zero attached hydrogens (tertiary/aromatic N) is 2. The Hall–Kier alpha value is -9.50. The maximum absolute atomic E-state index is 2.48. The minimum Gasteiger partial charge on any atom is -0.310 e. The maximum Gasteiger partial charge on any atom is 0.0714 e. The van der Waals surface area contributed by atoms with Gasteiger partial charge in [-0.3, -0.25) is 0 Å². The van der Waals surface area contributed by atoms with Crippen LogP contribution in [-0.2, 0) is 5.41 Å². The summed E-state index contributed by atoms with van der Waals surface area (Å²) in [6.07, 6.45) is 0. The van der Waals surface area contributed by atoms with Gasteiger partial charge in [0, 0.05) is 34.1 Å². The largest absolute Gasteiger partial charge is 0.310 e. The second-order valence-corrected chi connectivity index (χ2v) is 18.8. The van der Waals surface area contributed by atoms with Gasteiger partial charge in [-0.2, -0.15) is 0 Å². The Balaban J connectivity index is 1.11. The van der Waals surface area contributed by atoms with Gasteiger partial charge in [0.25, 0.3) is 0 Å². The number of benzene rings is 12. The fraction of sp³-hybridized carbons (Fsp3) is 0.0141. The van der Waals surface area contributed by atoms with Crippen LogP contribution in [0, 0.1) is 0 Å². The van der Waals surface area contributed by atoms with Crippen LogP contribution in [0.2, 0.25) is 0 Å². The summed E-state index contributed by atoms with van der Waals surface area (Å²) in [4.78, 5) is 4.87. The molecule has 0 fully saturated rings. The van der Waals surface area contributed by atoms with E-state index in [1.807, 2.05) is 0 Å². The van der Waals surface area contributed by atoms with E-state index in [0.29, 0.717) is 0 Å². The summed E-state index contributed by atoms with van der Waals surface area (Å²) >= 11 is 0. The first-order valence-electron chi connectivity index (χ1n) is 25.2. The molecule has 0 aliphatic heterocycles. The predicted octanol–water partition coefficient (Wildman–Crippen LogP) is 19.1. The Morgan fingerprint density at radius 3 is 1.29 bits per heavy atom. The van der Waals surface area contributed by atoms with Crippen LogP contribution in [0.5, 0.6) is 0 Å². The lowest BCUT2D eigenvalue weighted by molar-refractivity contribution is 0.768. The molecule has 0 bridgehead atoms. The highest BCUT2D eigenvalue weighted by Gasteiger charge is 2.46. The summed E-state index contributed by atoms with van der Waals surface area (Å²) in [5.74, 6) is 0. The zero-order valence-corrected chi connectivity index (χ0v) is 40.3. The summed E-state index contributed by atoms with van der Waals surface area (Å²) in [5.41, 5.74) is 20.3. The van der Waals surface area contributed by atoms with E-state index >= 15 is 0 Å². The summed E-state index contributed by atoms with van der Waals surface area (Å²) < 4.78 is 0. The minimum atomic E-state index is -0.576. The van der Waals surface area contributed by atoms with Crippen LogP contribution in [0.25, 0.3) is 55.3 Å². The summed E-state index contributed by atoms with van der Waals surface area (Å²) in [7, 11) is 0. The van der Waals surface area contributed by atoms with Crippen molar-refractivity contribution in [1.82, 2.24) is 0 Å². The summed E-state index contributed by atoms with van der Waals surface area (Å²) in [6.45, 7) is 0. The number of para-hydroxylation sites is 2. The highest BCUT2D eigenvalue weighted by atomic mass is 15.2. The second kappa shape index (κ2) is 18.7. The Bertz CT molecular complexity index is 3800. The molecule has 0 radical (unpaired) electrons. The van der Waals surface area contributed by atoms with E-state index < -0.39 is 5.41 Å². The molecule has 13 rings (SSSR count). The SMILES string of the molecule is c1ccc(-c2ccc(N(c3cc(-c4ccc5ccccc5c4-c4ccccc4)cc(N(c4ccccc4)c4ccccc4)c3)c3ccc4c(c3)C(c3ccccc3)(c3ccccc3)c3ccccc3-4)cc2)cc1. The van der Waals surface area contributed by atoms with Crippen LogP contribution in [0.15, 0.2) is 303 Å². The Labute approximate surface area is 428 Å². The molecule has 344 valence electrons. The van der Waals surface area contributed by atoms with Crippen molar-refractivity contribution in [1.29, 1.82) is 0 Å². The molecule has 0 N–H and O–H groups in total. The molecular weight excluding hydrogens is 881 g/mol. The molecule has 2 heteroatoms. The fourth-order valence-electron chi connectivity index (χ4n) is 11.5. The molecule has 0 saturated carbocycles. The molecule has 12 aromatic rings. The zero-order chi connectivity index (χ0) is 48.6. The Morgan fingerprint density at radius 1 is 0.233 bits per heavy atom. The third-order valence-corrected chi connectivity index (χ3v) is 14.7. The second-order valence-electron chi connectivity index (χ2n) is 18.8. The first kappa shape index (κ1) is 43.5. The highest BCUT2D eigenvalue weighted by molar-refractivity contribution is 6.05. The average Bonchev–Trinajstić information content (AvgIpc) is 3.77. The smallest absolute Gasteiger partial charge is 0.0714 e. The maximum atomic E-state index is 2.48. The van der Waals surface area contributed by atoms with Crippen LogP contribution >= 0.6 is 0 Å². The highest BCUT2D eigenvalue weighted by Crippen LogP contribution is 2.57. The normalized spacial score (nSPS) is 12.2. The van der Waals surface area contributed by atoms with Crippen molar-refractivity contribution in [3.63, 3.8) is 0 Å². The van der Waals surface area contributed by atoms with Crippen molar-refractivity contribution in [2.45, 2.75) is 5.41 Å². The summed E-state index contributed by atoms with van der Waals surface area (Å²) in [5, 5.41) is 2.42. The molecule has 0 spiro atoms. The van der Waals surface area contributed by atoms with Crippen molar-refractivity contribution < 1.29 is 0 Å². The molecule has 0 unspecified atom stereocenters. The van der Waals surface area contributed by atoms with Crippen molar-refractivity contribution in [2.75, 3.05) is 9.80 Å². The molecule has 2 nitrogen and oxygen atoms in total. The number of hydrogen-bond donors (Lipinski definition) is 0. The number of fused-ring (bicyclic) bond motifs is 4. The number of rotatable bonds is 11. The molecule has 12 aromatic carbocycles. The Morgan fingerprint density at radius 2 is 0.671 bits per heavy atom. The average molecular weight is 931 g/mol. The molecule has 0 saturated heterocycles. The minimum absolute atomic E-state index is 0.576. The lowest BCUT2D eigenvalue weighted by atomic mass is 9.67. The Kier molecular flexibility index (Phi) is 11.1. The third kappa shape index (κ3) is 7.69. The van der Waals surface area contributed by atoms with Crippen molar-refractivity contribution >= 4 is 44.9 Å². The molecule has 1 aliphatic rings. The van der Waals surface area contributed by atoms with Gasteiger partial charge in [-0.15, -0.1) is 0 Å². The number of anilines is 6. The predicted molar refractivity (Wildman–Crippen MR) is 307 cm³/mol. The first-order chi connectivity index (χ1) is 36.2. The van der Waals surface area contributed by atoms with Crippen molar-refractivity contribution in [3.05, 3.63) is 326 Å². The van der Waals surface area contributed by atoms with Crippen LogP contribution in [0.3, 0.4) is 0 Å². The standard InChI is InChI=1S/C71H50N2/c1-7-23-51(24-8-1)52-39-42-60(43-40-52)73(61-44-46-67-66-37-21-22-38-68(66)71(69(67)50-61,56-28-11-3-12-29-56)57-30-13-4-14-31-57)63-48-55(47-62(49-63)72(58-32-15-5-16-33-58)59-34-17-6-18-35-59)65-45-41-53-25-19-20-36-64(53)70(65)54-26-9-2-10-27-54/h1-50H. The zero-order valence-electron chi connectivity index (χ0n) is 40.3. The molecule has 1 aliphatic carbocycles. The van der Waals surface area contributed by atoms with E-state index in [2.05, 4.69) is 313 Å². The van der Waals surface area contributed by atoms with Gasteiger partial charge in [-0.25, -0.2) is 0 Å². The van der Waals surface area contributed by atoms with E-state index in [1.54, 1.807) is 0 Å². The topological polar surface area (TPSA) is 6.48 Å². The van der Waals surface area contributed by atoms with E-state index in [0.717, 1.165) is 45.3 Å². The monoisotopic (exact) mass is 930 g/mol. The van der Waals surface area contributed by atoms with Crippen LogP contribution in [0.1, 0.15) is 22.3 Å². The molecule has 0 atom stereocenters. The van der Waals surface area contributed by atoms with Gasteiger partial charge < -0.3 is 9.80 Å². The lowest BCUT2D eigenvalue weighted by Crippen LogP contribution is -2.28. The van der Waals surface area contributed by atoms with Crippen molar-refractivity contribution in [2.24, 2.45) is 0 Å².